The zero-order valence-corrected chi connectivity index (χ0v) is 18.6. The second kappa shape index (κ2) is 8.45. The molecule has 1 amide bonds. The predicted octanol–water partition coefficient (Wildman–Crippen LogP) is 1.94. The molecule has 2 heterocycles. The van der Waals surface area contributed by atoms with Gasteiger partial charge in [-0.05, 0) is 24.6 Å². The molecular weight excluding hydrogens is 507 g/mol. The van der Waals surface area contributed by atoms with E-state index in [1.165, 1.54) is 10.8 Å². The molecule has 0 bridgehead atoms. The van der Waals surface area contributed by atoms with Gasteiger partial charge >= 0.3 is 0 Å². The Balaban J connectivity index is 1.96. The van der Waals surface area contributed by atoms with Gasteiger partial charge in [-0.1, -0.05) is 40.5 Å². The van der Waals surface area contributed by atoms with E-state index in [4.69, 9.17) is 10.00 Å². The highest BCUT2D eigenvalue weighted by molar-refractivity contribution is 14.1. The smallest absolute Gasteiger partial charge is 0.276 e. The van der Waals surface area contributed by atoms with Gasteiger partial charge in [-0.25, -0.2) is 8.42 Å². The minimum Gasteiger partial charge on any atom is -0.487 e. The van der Waals surface area contributed by atoms with Crippen LogP contribution in [-0.2, 0) is 17.1 Å². The third-order valence-corrected chi connectivity index (χ3v) is 6.10. The van der Waals surface area contributed by atoms with E-state index in [0.29, 0.717) is 15.7 Å². The summed E-state index contributed by atoms with van der Waals surface area (Å²) in [6, 6.07) is 6.31. The normalized spacial score (nSPS) is 17.0. The van der Waals surface area contributed by atoms with Crippen molar-refractivity contribution in [2.75, 3.05) is 16.4 Å². The summed E-state index contributed by atoms with van der Waals surface area (Å²) < 4.78 is 35.5. The third kappa shape index (κ3) is 4.40. The summed E-state index contributed by atoms with van der Waals surface area (Å²) in [6.45, 7) is 1.77. The lowest BCUT2D eigenvalue weighted by molar-refractivity contribution is 0.101. The molecule has 2 aromatic rings. The summed E-state index contributed by atoms with van der Waals surface area (Å²) in [4.78, 5) is 12.8. The Morgan fingerprint density at radius 1 is 1.48 bits per heavy atom. The van der Waals surface area contributed by atoms with E-state index < -0.39 is 22.0 Å². The van der Waals surface area contributed by atoms with Crippen LogP contribution in [0.4, 0.5) is 5.69 Å². The van der Waals surface area contributed by atoms with Crippen molar-refractivity contribution in [3.63, 3.8) is 0 Å². The van der Waals surface area contributed by atoms with E-state index in [1.54, 1.807) is 32.2 Å². The Bertz CT molecular complexity index is 1190. The second-order valence-electron chi connectivity index (χ2n) is 6.32. The largest absolute Gasteiger partial charge is 0.487 e. The van der Waals surface area contributed by atoms with Gasteiger partial charge in [-0.3, -0.25) is 4.79 Å². The number of sulfonamides is 1. The van der Waals surface area contributed by atoms with E-state index in [-0.39, 0.29) is 22.9 Å². The zero-order valence-electron chi connectivity index (χ0n) is 15.6. The monoisotopic (exact) mass is 524 g/mol. The number of halogens is 1. The van der Waals surface area contributed by atoms with Crippen molar-refractivity contribution in [1.29, 1.82) is 5.26 Å². The van der Waals surface area contributed by atoms with Gasteiger partial charge in [0.05, 0.1) is 16.1 Å². The van der Waals surface area contributed by atoms with E-state index in [1.807, 2.05) is 0 Å². The van der Waals surface area contributed by atoms with Crippen LogP contribution in [0, 0.1) is 30.1 Å². The molecule has 0 saturated carbocycles. The molecule has 1 aliphatic heterocycles. The fourth-order valence-corrected chi connectivity index (χ4v) is 4.41. The van der Waals surface area contributed by atoms with E-state index in [0.717, 1.165) is 5.56 Å². The number of fused-ring (bicyclic) bond motifs is 1. The molecule has 10 heteroatoms. The van der Waals surface area contributed by atoms with Crippen LogP contribution in [0.1, 0.15) is 21.6 Å². The van der Waals surface area contributed by atoms with Gasteiger partial charge in [0.1, 0.15) is 17.5 Å². The predicted molar refractivity (Wildman–Crippen MR) is 116 cm³/mol. The maximum Gasteiger partial charge on any atom is 0.276 e. The van der Waals surface area contributed by atoms with Crippen LogP contribution in [-0.4, -0.2) is 36.0 Å². The molecule has 1 aliphatic rings. The molecule has 150 valence electrons. The van der Waals surface area contributed by atoms with Crippen LogP contribution >= 0.6 is 22.6 Å². The molecule has 0 radical (unpaired) electrons. The molecule has 0 saturated heterocycles. The quantitative estimate of drug-likeness (QED) is 0.354. The highest BCUT2D eigenvalue weighted by Gasteiger charge is 2.34. The fourth-order valence-electron chi connectivity index (χ4n) is 2.86. The van der Waals surface area contributed by atoms with Crippen LogP contribution in [0.2, 0.25) is 0 Å². The SMILES string of the molecule is Cc1ccc(NC(=O)c2c3c(cn2C)S(=O)(=O)N[C@H](C#CCI)CO3)cc1C#N. The molecule has 29 heavy (non-hydrogen) atoms. The maximum absolute atomic E-state index is 12.9. The van der Waals surface area contributed by atoms with Crippen molar-refractivity contribution in [3.8, 4) is 23.7 Å². The van der Waals surface area contributed by atoms with Gasteiger partial charge < -0.3 is 14.6 Å². The number of nitrogens with zero attached hydrogens (tertiary/aromatic N) is 2. The number of rotatable bonds is 2. The zero-order chi connectivity index (χ0) is 21.2. The molecule has 0 spiro atoms. The van der Waals surface area contributed by atoms with Gasteiger partial charge in [0.15, 0.2) is 11.4 Å². The first kappa shape index (κ1) is 21.2. The number of alkyl halides is 1. The summed E-state index contributed by atoms with van der Waals surface area (Å²) in [7, 11) is -2.35. The Kier molecular flexibility index (Phi) is 6.17. The van der Waals surface area contributed by atoms with Crippen molar-refractivity contribution in [1.82, 2.24) is 9.29 Å². The highest BCUT2D eigenvalue weighted by Crippen LogP contribution is 2.32. The van der Waals surface area contributed by atoms with Gasteiger partial charge in [0.2, 0.25) is 10.0 Å². The summed E-state index contributed by atoms with van der Waals surface area (Å²) in [6.07, 6.45) is 1.33. The molecular formula is C19H17IN4O4S. The highest BCUT2D eigenvalue weighted by atomic mass is 127. The van der Waals surface area contributed by atoms with Crippen molar-refractivity contribution in [3.05, 3.63) is 41.2 Å². The molecule has 3 rings (SSSR count). The Morgan fingerprint density at radius 3 is 2.93 bits per heavy atom. The Morgan fingerprint density at radius 2 is 2.24 bits per heavy atom. The number of hydrogen-bond acceptors (Lipinski definition) is 5. The number of aryl methyl sites for hydroxylation is 2. The summed E-state index contributed by atoms with van der Waals surface area (Å²) in [5.74, 6) is 5.05. The molecule has 0 aliphatic carbocycles. The number of hydrogen-bond donors (Lipinski definition) is 2. The summed E-state index contributed by atoms with van der Waals surface area (Å²) in [5, 5.41) is 11.9. The number of benzene rings is 1. The van der Waals surface area contributed by atoms with Crippen molar-refractivity contribution >= 4 is 44.2 Å². The summed E-state index contributed by atoms with van der Waals surface area (Å²) in [5.41, 5.74) is 1.71. The van der Waals surface area contributed by atoms with Crippen LogP contribution in [0.5, 0.6) is 5.75 Å². The molecule has 2 N–H and O–H groups in total. The fraction of sp³-hybridized carbons (Fsp3) is 0.263. The number of nitrogens with one attached hydrogen (secondary N) is 2. The average Bonchev–Trinajstić information content (AvgIpc) is 2.96. The van der Waals surface area contributed by atoms with E-state index >= 15 is 0 Å². The van der Waals surface area contributed by atoms with Crippen molar-refractivity contribution in [2.24, 2.45) is 7.05 Å². The van der Waals surface area contributed by atoms with E-state index in [2.05, 4.69) is 50.5 Å². The number of amides is 1. The Hall–Kier alpha value is -2.54. The third-order valence-electron chi connectivity index (χ3n) is 4.26. The van der Waals surface area contributed by atoms with Crippen molar-refractivity contribution < 1.29 is 17.9 Å². The minimum atomic E-state index is -3.91. The van der Waals surface area contributed by atoms with Crippen LogP contribution < -0.4 is 14.8 Å². The van der Waals surface area contributed by atoms with Crippen LogP contribution in [0.15, 0.2) is 29.3 Å². The standard InChI is InChI=1S/C19H17IN4O4S/c1-12-5-6-14(8-13(12)9-21)22-19(25)17-18-16(10-24(17)2)29(26,27)23-15(11-28-18)4-3-7-20/h5-6,8,10,15,23H,7,11H2,1-2H3,(H,22,25)/t15-/m1/s1. The molecule has 0 fully saturated rings. The number of aromatic nitrogens is 1. The number of nitriles is 1. The van der Waals surface area contributed by atoms with Gasteiger partial charge in [0.25, 0.3) is 5.91 Å². The lowest BCUT2D eigenvalue weighted by Crippen LogP contribution is -2.35. The number of anilines is 1. The van der Waals surface area contributed by atoms with Crippen LogP contribution in [0.3, 0.4) is 0 Å². The topological polar surface area (TPSA) is 113 Å². The first-order valence-electron chi connectivity index (χ1n) is 8.47. The van der Waals surface area contributed by atoms with Crippen LogP contribution in [0.25, 0.3) is 0 Å². The first-order valence-corrected chi connectivity index (χ1v) is 11.5. The average molecular weight is 524 g/mol. The first-order chi connectivity index (χ1) is 13.8. The molecule has 1 aromatic heterocycles. The van der Waals surface area contributed by atoms with Gasteiger partial charge in [-0.15, -0.1) is 0 Å². The molecule has 1 aromatic carbocycles. The number of ether oxygens (including phenoxy) is 1. The molecule has 8 nitrogen and oxygen atoms in total. The number of carbonyl (C=O) groups excluding carboxylic acids is 1. The van der Waals surface area contributed by atoms with Gasteiger partial charge in [-0.2, -0.15) is 9.98 Å². The molecule has 1 atom stereocenters. The number of carbonyl (C=O) groups is 1. The Labute approximate surface area is 182 Å². The maximum atomic E-state index is 12.9. The van der Waals surface area contributed by atoms with Crippen molar-refractivity contribution in [2.45, 2.75) is 17.9 Å². The minimum absolute atomic E-state index is 0.0242. The second-order valence-corrected chi connectivity index (χ2v) is 8.76. The molecule has 0 unspecified atom stereocenters. The van der Waals surface area contributed by atoms with E-state index in [9.17, 15) is 13.2 Å². The lowest BCUT2D eigenvalue weighted by Gasteiger charge is -2.11. The lowest BCUT2D eigenvalue weighted by atomic mass is 10.1. The van der Waals surface area contributed by atoms with Gasteiger partial charge in [0, 0.05) is 18.9 Å². The summed E-state index contributed by atoms with van der Waals surface area (Å²) >= 11 is 2.07.